The molecule has 0 radical (unpaired) electrons. The van der Waals surface area contributed by atoms with Gasteiger partial charge in [0.2, 0.25) is 5.91 Å². The monoisotopic (exact) mass is 361 g/mol. The van der Waals surface area contributed by atoms with Gasteiger partial charge < -0.3 is 15.4 Å². The SMILES string of the molecule is COc1ccc2nc(C(=O)Nc3ccc(NC(=O)C4CC4)cc3)ccc2c1. The zero-order chi connectivity index (χ0) is 18.8. The lowest BCUT2D eigenvalue weighted by Gasteiger charge is -2.08. The summed E-state index contributed by atoms with van der Waals surface area (Å²) in [7, 11) is 1.61. The number of hydrogen-bond acceptors (Lipinski definition) is 4. The van der Waals surface area contributed by atoms with Gasteiger partial charge in [0.1, 0.15) is 11.4 Å². The van der Waals surface area contributed by atoms with Crippen molar-refractivity contribution in [3.63, 3.8) is 0 Å². The summed E-state index contributed by atoms with van der Waals surface area (Å²) in [6.45, 7) is 0. The molecular weight excluding hydrogens is 342 g/mol. The molecule has 1 aliphatic carbocycles. The number of amides is 2. The molecule has 1 heterocycles. The Labute approximate surface area is 156 Å². The summed E-state index contributed by atoms with van der Waals surface area (Å²) >= 11 is 0. The van der Waals surface area contributed by atoms with E-state index in [4.69, 9.17) is 4.74 Å². The molecule has 1 saturated carbocycles. The van der Waals surface area contributed by atoms with Gasteiger partial charge >= 0.3 is 0 Å². The lowest BCUT2D eigenvalue weighted by molar-refractivity contribution is -0.117. The molecule has 0 saturated heterocycles. The predicted octanol–water partition coefficient (Wildman–Crippen LogP) is 3.84. The van der Waals surface area contributed by atoms with Crippen LogP contribution in [0, 0.1) is 5.92 Å². The van der Waals surface area contributed by atoms with E-state index in [2.05, 4.69) is 15.6 Å². The van der Waals surface area contributed by atoms with E-state index in [1.165, 1.54) is 0 Å². The number of anilines is 2. The minimum Gasteiger partial charge on any atom is -0.497 e. The van der Waals surface area contributed by atoms with Crippen LogP contribution in [0.15, 0.2) is 54.6 Å². The zero-order valence-electron chi connectivity index (χ0n) is 14.9. The number of benzene rings is 2. The van der Waals surface area contributed by atoms with E-state index in [0.717, 1.165) is 35.2 Å². The van der Waals surface area contributed by atoms with E-state index >= 15 is 0 Å². The van der Waals surface area contributed by atoms with E-state index in [-0.39, 0.29) is 17.7 Å². The molecule has 2 N–H and O–H groups in total. The van der Waals surface area contributed by atoms with Crippen LogP contribution in [0.3, 0.4) is 0 Å². The average molecular weight is 361 g/mol. The number of carbonyl (C=O) groups is 2. The van der Waals surface area contributed by atoms with Crippen LogP contribution in [0.1, 0.15) is 23.3 Å². The highest BCUT2D eigenvalue weighted by molar-refractivity contribution is 6.04. The standard InChI is InChI=1S/C21H19N3O3/c1-27-17-9-11-18-14(12-17)4-10-19(24-18)21(26)23-16-7-5-15(6-8-16)22-20(25)13-2-3-13/h4-13H,2-3H2,1H3,(H,22,25)(H,23,26). The molecule has 0 bridgehead atoms. The lowest BCUT2D eigenvalue weighted by Crippen LogP contribution is -2.14. The fourth-order valence-corrected chi connectivity index (χ4v) is 2.78. The molecule has 6 nitrogen and oxygen atoms in total. The third kappa shape index (κ3) is 3.89. The summed E-state index contributed by atoms with van der Waals surface area (Å²) in [5.41, 5.74) is 2.42. The Bertz CT molecular complexity index is 1010. The number of nitrogens with zero attached hydrogens (tertiary/aromatic N) is 1. The summed E-state index contributed by atoms with van der Waals surface area (Å²) in [5, 5.41) is 6.60. The molecule has 1 aromatic heterocycles. The number of rotatable bonds is 5. The number of fused-ring (bicyclic) bond motifs is 1. The van der Waals surface area contributed by atoms with Crippen LogP contribution in [0.25, 0.3) is 10.9 Å². The van der Waals surface area contributed by atoms with Gasteiger partial charge in [-0.05, 0) is 61.4 Å². The summed E-state index contributed by atoms with van der Waals surface area (Å²) in [5.74, 6) is 0.671. The first-order valence-electron chi connectivity index (χ1n) is 8.79. The quantitative estimate of drug-likeness (QED) is 0.723. The zero-order valence-corrected chi connectivity index (χ0v) is 14.9. The molecule has 0 aliphatic heterocycles. The Morgan fingerprint density at radius 3 is 2.33 bits per heavy atom. The van der Waals surface area contributed by atoms with Crippen molar-refractivity contribution in [2.24, 2.45) is 5.92 Å². The smallest absolute Gasteiger partial charge is 0.274 e. The average Bonchev–Trinajstić information content (AvgIpc) is 3.54. The second-order valence-electron chi connectivity index (χ2n) is 6.55. The van der Waals surface area contributed by atoms with Gasteiger partial charge in [-0.3, -0.25) is 9.59 Å². The Hall–Kier alpha value is -3.41. The first kappa shape index (κ1) is 17.0. The van der Waals surface area contributed by atoms with Crippen LogP contribution >= 0.6 is 0 Å². The van der Waals surface area contributed by atoms with E-state index < -0.39 is 0 Å². The van der Waals surface area contributed by atoms with Gasteiger partial charge in [-0.25, -0.2) is 4.98 Å². The van der Waals surface area contributed by atoms with Gasteiger partial charge in [0.25, 0.3) is 5.91 Å². The van der Waals surface area contributed by atoms with Crippen molar-refractivity contribution in [1.82, 2.24) is 4.98 Å². The molecule has 0 spiro atoms. The fourth-order valence-electron chi connectivity index (χ4n) is 2.78. The largest absolute Gasteiger partial charge is 0.497 e. The van der Waals surface area contributed by atoms with Crippen molar-refractivity contribution < 1.29 is 14.3 Å². The minimum atomic E-state index is -0.289. The highest BCUT2D eigenvalue weighted by atomic mass is 16.5. The third-order valence-electron chi connectivity index (χ3n) is 4.49. The second-order valence-corrected chi connectivity index (χ2v) is 6.55. The maximum Gasteiger partial charge on any atom is 0.274 e. The second kappa shape index (κ2) is 7.07. The maximum absolute atomic E-state index is 12.5. The number of aromatic nitrogens is 1. The van der Waals surface area contributed by atoms with E-state index in [1.807, 2.05) is 24.3 Å². The first-order valence-corrected chi connectivity index (χ1v) is 8.79. The number of carbonyl (C=O) groups excluding carboxylic acids is 2. The molecule has 4 rings (SSSR count). The number of ether oxygens (including phenoxy) is 1. The Morgan fingerprint density at radius 1 is 0.963 bits per heavy atom. The van der Waals surface area contributed by atoms with Gasteiger partial charge in [-0.1, -0.05) is 6.07 Å². The molecule has 0 atom stereocenters. The van der Waals surface area contributed by atoms with Crippen molar-refractivity contribution in [2.75, 3.05) is 17.7 Å². The highest BCUT2D eigenvalue weighted by Gasteiger charge is 2.29. The van der Waals surface area contributed by atoms with E-state index in [0.29, 0.717) is 11.4 Å². The van der Waals surface area contributed by atoms with Crippen LogP contribution in [-0.4, -0.2) is 23.9 Å². The normalized spacial score (nSPS) is 13.2. The molecule has 27 heavy (non-hydrogen) atoms. The summed E-state index contributed by atoms with van der Waals surface area (Å²) in [6.07, 6.45) is 1.93. The van der Waals surface area contributed by atoms with Crippen LogP contribution in [-0.2, 0) is 4.79 Å². The van der Waals surface area contributed by atoms with Crippen LogP contribution in [0.4, 0.5) is 11.4 Å². The molecule has 2 aromatic carbocycles. The first-order chi connectivity index (χ1) is 13.1. The van der Waals surface area contributed by atoms with E-state index in [1.54, 1.807) is 37.4 Å². The van der Waals surface area contributed by atoms with Crippen molar-refractivity contribution in [3.8, 4) is 5.75 Å². The molecule has 3 aromatic rings. The fraction of sp³-hybridized carbons (Fsp3) is 0.190. The summed E-state index contributed by atoms with van der Waals surface area (Å²) in [6, 6.07) is 16.1. The lowest BCUT2D eigenvalue weighted by atomic mass is 10.2. The van der Waals surface area contributed by atoms with Gasteiger partial charge in [0, 0.05) is 22.7 Å². The van der Waals surface area contributed by atoms with Crippen molar-refractivity contribution >= 4 is 34.1 Å². The van der Waals surface area contributed by atoms with Crippen molar-refractivity contribution in [2.45, 2.75) is 12.8 Å². The molecular formula is C21H19N3O3. The molecule has 1 aliphatic rings. The number of nitrogens with one attached hydrogen (secondary N) is 2. The summed E-state index contributed by atoms with van der Waals surface area (Å²) < 4.78 is 5.20. The van der Waals surface area contributed by atoms with Gasteiger partial charge in [0.05, 0.1) is 12.6 Å². The molecule has 1 fully saturated rings. The van der Waals surface area contributed by atoms with Gasteiger partial charge in [0.15, 0.2) is 0 Å². The van der Waals surface area contributed by atoms with Crippen molar-refractivity contribution in [3.05, 3.63) is 60.3 Å². The number of hydrogen-bond donors (Lipinski definition) is 2. The molecule has 6 heteroatoms. The minimum absolute atomic E-state index is 0.0591. The Kier molecular flexibility index (Phi) is 4.46. The van der Waals surface area contributed by atoms with Crippen LogP contribution < -0.4 is 15.4 Å². The predicted molar refractivity (Wildman–Crippen MR) is 104 cm³/mol. The van der Waals surface area contributed by atoms with Crippen molar-refractivity contribution in [1.29, 1.82) is 0 Å². The summed E-state index contributed by atoms with van der Waals surface area (Å²) in [4.78, 5) is 28.7. The Morgan fingerprint density at radius 2 is 1.67 bits per heavy atom. The topological polar surface area (TPSA) is 80.3 Å². The van der Waals surface area contributed by atoms with Gasteiger partial charge in [-0.2, -0.15) is 0 Å². The molecule has 2 amide bonds. The van der Waals surface area contributed by atoms with Crippen LogP contribution in [0.5, 0.6) is 5.75 Å². The Balaban J connectivity index is 1.45. The number of pyridine rings is 1. The number of methoxy groups -OCH3 is 1. The highest BCUT2D eigenvalue weighted by Crippen LogP contribution is 2.30. The van der Waals surface area contributed by atoms with Gasteiger partial charge in [-0.15, -0.1) is 0 Å². The van der Waals surface area contributed by atoms with Crippen LogP contribution in [0.2, 0.25) is 0 Å². The molecule has 0 unspecified atom stereocenters. The third-order valence-corrected chi connectivity index (χ3v) is 4.49. The maximum atomic E-state index is 12.5. The molecule has 136 valence electrons. The van der Waals surface area contributed by atoms with E-state index in [9.17, 15) is 9.59 Å².